The Kier molecular flexibility index (Phi) is 4.44. The van der Waals surface area contributed by atoms with Crippen LogP contribution in [-0.2, 0) is 11.2 Å². The Bertz CT molecular complexity index is 847. The highest BCUT2D eigenvalue weighted by Crippen LogP contribution is 2.30. The number of aliphatic carboxylic acids is 1. The van der Waals surface area contributed by atoms with E-state index in [2.05, 4.69) is 5.32 Å². The first-order valence-corrected chi connectivity index (χ1v) is 8.18. The molecule has 2 aromatic rings. The minimum Gasteiger partial charge on any atom is -0.481 e. The zero-order chi connectivity index (χ0) is 18.1. The molecule has 1 amide bonds. The quantitative estimate of drug-likeness (QED) is 0.886. The van der Waals surface area contributed by atoms with Crippen molar-refractivity contribution in [2.75, 3.05) is 5.32 Å². The molecule has 1 aromatic carbocycles. The van der Waals surface area contributed by atoms with E-state index in [1.807, 2.05) is 0 Å². The number of nitrogens with one attached hydrogen (secondary N) is 1. The molecule has 3 rings (SSSR count). The second kappa shape index (κ2) is 6.55. The van der Waals surface area contributed by atoms with Gasteiger partial charge in [-0.15, -0.1) is 0 Å². The summed E-state index contributed by atoms with van der Waals surface area (Å²) >= 11 is 0. The number of carboxylic acid groups (broad SMARTS) is 1. The molecular weight excluding hydrogens is 322 g/mol. The van der Waals surface area contributed by atoms with Crippen molar-refractivity contribution >= 4 is 23.3 Å². The number of carboxylic acids is 1. The maximum Gasteiger partial charge on any atom is 0.310 e. The van der Waals surface area contributed by atoms with Crippen molar-refractivity contribution in [1.29, 1.82) is 0 Å². The predicted octanol–water partition coefficient (Wildman–Crippen LogP) is 3.55. The maximum atomic E-state index is 12.5. The Labute approximate surface area is 144 Å². The van der Waals surface area contributed by atoms with Crippen molar-refractivity contribution in [2.45, 2.75) is 39.0 Å². The van der Waals surface area contributed by atoms with E-state index in [0.29, 0.717) is 41.0 Å². The molecule has 130 valence electrons. The van der Waals surface area contributed by atoms with Crippen LogP contribution < -0.4 is 5.32 Å². The zero-order valence-corrected chi connectivity index (χ0v) is 14.1. The number of amides is 1. The van der Waals surface area contributed by atoms with Gasteiger partial charge in [0.1, 0.15) is 5.76 Å². The van der Waals surface area contributed by atoms with E-state index in [1.165, 1.54) is 0 Å². The zero-order valence-electron chi connectivity index (χ0n) is 14.1. The van der Waals surface area contributed by atoms with Gasteiger partial charge in [-0.1, -0.05) is 12.1 Å². The first-order valence-electron chi connectivity index (χ1n) is 8.18. The molecule has 25 heavy (non-hydrogen) atoms. The monoisotopic (exact) mass is 341 g/mol. The van der Waals surface area contributed by atoms with Crippen molar-refractivity contribution in [3.8, 4) is 0 Å². The molecule has 0 radical (unpaired) electrons. The Morgan fingerprint density at radius 3 is 2.48 bits per heavy atom. The maximum absolute atomic E-state index is 12.5. The summed E-state index contributed by atoms with van der Waals surface area (Å²) in [6.45, 7) is 3.32. The molecule has 1 unspecified atom stereocenters. The number of rotatable bonds is 4. The van der Waals surface area contributed by atoms with Gasteiger partial charge in [0.2, 0.25) is 0 Å². The third kappa shape index (κ3) is 3.20. The Morgan fingerprint density at radius 2 is 1.88 bits per heavy atom. The second-order valence-electron chi connectivity index (χ2n) is 6.27. The van der Waals surface area contributed by atoms with Crippen molar-refractivity contribution < 1.29 is 23.9 Å². The van der Waals surface area contributed by atoms with E-state index in [4.69, 9.17) is 9.52 Å². The van der Waals surface area contributed by atoms with Gasteiger partial charge in [0.05, 0.1) is 11.5 Å². The van der Waals surface area contributed by atoms with Gasteiger partial charge in [-0.2, -0.15) is 0 Å². The van der Waals surface area contributed by atoms with Crippen LogP contribution in [0.5, 0.6) is 0 Å². The fourth-order valence-electron chi connectivity index (χ4n) is 3.05. The summed E-state index contributed by atoms with van der Waals surface area (Å²) in [6, 6.07) is 6.63. The van der Waals surface area contributed by atoms with Crippen molar-refractivity contribution in [2.24, 2.45) is 0 Å². The van der Waals surface area contributed by atoms with E-state index in [0.717, 1.165) is 6.42 Å². The fraction of sp³-hybridized carbons (Fsp3) is 0.316. The number of ketones is 1. The average molecular weight is 341 g/mol. The Hall–Kier alpha value is -2.89. The molecular formula is C19H19NO5. The topological polar surface area (TPSA) is 96.6 Å². The van der Waals surface area contributed by atoms with Crippen LogP contribution in [0.3, 0.4) is 0 Å². The standard InChI is InChI=1S/C19H19NO5/c1-10(19(23)24)12-6-8-13(9-7-12)20-18(22)17-11(2)16-14(21)4-3-5-15(16)25-17/h6-10H,3-5H2,1-2H3,(H,20,22)(H,23,24). The van der Waals surface area contributed by atoms with Crippen LogP contribution in [0.1, 0.15) is 63.5 Å². The molecule has 6 heteroatoms. The summed E-state index contributed by atoms with van der Waals surface area (Å²) in [6.07, 6.45) is 1.89. The van der Waals surface area contributed by atoms with Crippen LogP contribution in [0.2, 0.25) is 0 Å². The number of anilines is 1. The third-order valence-electron chi connectivity index (χ3n) is 4.55. The van der Waals surface area contributed by atoms with Crippen LogP contribution in [0.4, 0.5) is 5.69 Å². The lowest BCUT2D eigenvalue weighted by Crippen LogP contribution is -2.13. The van der Waals surface area contributed by atoms with Gasteiger partial charge in [0, 0.05) is 24.1 Å². The molecule has 1 atom stereocenters. The third-order valence-corrected chi connectivity index (χ3v) is 4.55. The molecule has 0 spiro atoms. The van der Waals surface area contributed by atoms with Crippen molar-refractivity contribution in [1.82, 2.24) is 0 Å². The lowest BCUT2D eigenvalue weighted by molar-refractivity contribution is -0.138. The first-order chi connectivity index (χ1) is 11.9. The summed E-state index contributed by atoms with van der Waals surface area (Å²) < 4.78 is 5.62. The van der Waals surface area contributed by atoms with Crippen molar-refractivity contribution in [3.05, 3.63) is 52.5 Å². The van der Waals surface area contributed by atoms with Gasteiger partial charge >= 0.3 is 5.97 Å². The number of aryl methyl sites for hydroxylation is 1. The van der Waals surface area contributed by atoms with Crippen LogP contribution in [-0.4, -0.2) is 22.8 Å². The highest BCUT2D eigenvalue weighted by Gasteiger charge is 2.28. The van der Waals surface area contributed by atoms with Gasteiger partial charge in [0.25, 0.3) is 5.91 Å². The summed E-state index contributed by atoms with van der Waals surface area (Å²) in [7, 11) is 0. The average Bonchev–Trinajstić information content (AvgIpc) is 2.93. The molecule has 1 aliphatic rings. The highest BCUT2D eigenvalue weighted by molar-refractivity contribution is 6.07. The number of carbonyl (C=O) groups excluding carboxylic acids is 2. The molecule has 0 aliphatic heterocycles. The lowest BCUT2D eigenvalue weighted by Gasteiger charge is -2.08. The predicted molar refractivity (Wildman–Crippen MR) is 91.2 cm³/mol. The SMILES string of the molecule is Cc1c(C(=O)Nc2ccc(C(C)C(=O)O)cc2)oc2c1C(=O)CCC2. The van der Waals surface area contributed by atoms with E-state index in [9.17, 15) is 14.4 Å². The van der Waals surface area contributed by atoms with Crippen LogP contribution in [0.15, 0.2) is 28.7 Å². The number of Topliss-reactive ketones (excluding diaryl/α,β-unsaturated/α-hetero) is 1. The van der Waals surface area contributed by atoms with Crippen LogP contribution in [0.25, 0.3) is 0 Å². The molecule has 0 saturated carbocycles. The number of hydrogen-bond donors (Lipinski definition) is 2. The summed E-state index contributed by atoms with van der Waals surface area (Å²) in [5, 5.41) is 11.7. The minimum atomic E-state index is -0.904. The lowest BCUT2D eigenvalue weighted by atomic mass is 9.94. The summed E-state index contributed by atoms with van der Waals surface area (Å²) in [5.41, 5.74) is 2.31. The Balaban J connectivity index is 1.79. The van der Waals surface area contributed by atoms with Crippen LogP contribution in [0, 0.1) is 6.92 Å². The van der Waals surface area contributed by atoms with E-state index >= 15 is 0 Å². The summed E-state index contributed by atoms with van der Waals surface area (Å²) in [4.78, 5) is 35.5. The highest BCUT2D eigenvalue weighted by atomic mass is 16.4. The molecule has 2 N–H and O–H groups in total. The summed E-state index contributed by atoms with van der Waals surface area (Å²) in [5.74, 6) is -1.17. The van der Waals surface area contributed by atoms with E-state index in [1.54, 1.807) is 38.1 Å². The normalized spacial score (nSPS) is 14.7. The second-order valence-corrected chi connectivity index (χ2v) is 6.27. The van der Waals surface area contributed by atoms with E-state index < -0.39 is 17.8 Å². The number of fused-ring (bicyclic) bond motifs is 1. The number of hydrogen-bond acceptors (Lipinski definition) is 4. The Morgan fingerprint density at radius 1 is 1.20 bits per heavy atom. The number of furan rings is 1. The molecule has 6 nitrogen and oxygen atoms in total. The fourth-order valence-corrected chi connectivity index (χ4v) is 3.05. The van der Waals surface area contributed by atoms with Gasteiger partial charge in [0.15, 0.2) is 11.5 Å². The van der Waals surface area contributed by atoms with Gasteiger partial charge in [-0.3, -0.25) is 14.4 Å². The molecule has 0 saturated heterocycles. The molecule has 1 aromatic heterocycles. The van der Waals surface area contributed by atoms with Gasteiger partial charge in [-0.05, 0) is 38.0 Å². The number of carbonyl (C=O) groups is 3. The van der Waals surface area contributed by atoms with Crippen molar-refractivity contribution in [3.63, 3.8) is 0 Å². The largest absolute Gasteiger partial charge is 0.481 e. The van der Waals surface area contributed by atoms with E-state index in [-0.39, 0.29) is 11.5 Å². The molecule has 0 bridgehead atoms. The molecule has 0 fully saturated rings. The van der Waals surface area contributed by atoms with Crippen LogP contribution >= 0.6 is 0 Å². The minimum absolute atomic E-state index is 0.0218. The molecule has 1 heterocycles. The van der Waals surface area contributed by atoms with Gasteiger partial charge in [-0.25, -0.2) is 0 Å². The smallest absolute Gasteiger partial charge is 0.310 e. The first kappa shape index (κ1) is 17.0. The number of benzene rings is 1. The molecule has 1 aliphatic carbocycles. The van der Waals surface area contributed by atoms with Gasteiger partial charge < -0.3 is 14.8 Å².